The molecule has 5 heterocycles. The Morgan fingerprint density at radius 2 is 1.97 bits per heavy atom. The number of aryl methyl sites for hydroxylation is 2. The summed E-state index contributed by atoms with van der Waals surface area (Å²) in [5, 5.41) is 15.3. The van der Waals surface area contributed by atoms with E-state index in [9.17, 15) is 9.59 Å². The third kappa shape index (κ3) is 4.17. The number of nitrogens with zero attached hydrogens (tertiary/aromatic N) is 5. The van der Waals surface area contributed by atoms with Gasteiger partial charge in [0.25, 0.3) is 11.8 Å². The van der Waals surface area contributed by atoms with Crippen LogP contribution in [0.2, 0.25) is 0 Å². The average Bonchev–Trinajstić information content (AvgIpc) is 3.30. The Labute approximate surface area is 210 Å². The first-order valence-electron chi connectivity index (χ1n) is 11.8. The molecule has 4 aromatic rings. The van der Waals surface area contributed by atoms with Crippen LogP contribution >= 0.6 is 22.7 Å². The van der Waals surface area contributed by atoms with Crippen LogP contribution < -0.4 is 10.6 Å². The van der Waals surface area contributed by atoms with Crippen molar-refractivity contribution in [3.8, 4) is 10.4 Å². The van der Waals surface area contributed by atoms with Crippen LogP contribution in [-0.2, 0) is 7.05 Å². The molecule has 2 aliphatic rings. The van der Waals surface area contributed by atoms with Gasteiger partial charge in [0.15, 0.2) is 0 Å². The Kier molecular flexibility index (Phi) is 5.50. The van der Waals surface area contributed by atoms with Gasteiger partial charge in [-0.3, -0.25) is 19.2 Å². The Balaban J connectivity index is 1.11. The van der Waals surface area contributed by atoms with Crippen molar-refractivity contribution in [1.29, 1.82) is 0 Å². The van der Waals surface area contributed by atoms with E-state index < -0.39 is 0 Å². The molecular weight excluding hydrogens is 482 g/mol. The molecule has 0 aromatic carbocycles. The van der Waals surface area contributed by atoms with Gasteiger partial charge >= 0.3 is 0 Å². The predicted molar refractivity (Wildman–Crippen MR) is 137 cm³/mol. The number of aromatic nitrogens is 4. The average molecular weight is 510 g/mol. The van der Waals surface area contributed by atoms with Gasteiger partial charge in [-0.1, -0.05) is 0 Å². The fourth-order valence-electron chi connectivity index (χ4n) is 4.96. The highest BCUT2D eigenvalue weighted by Crippen LogP contribution is 2.49. The number of likely N-dealkylation sites (tertiary alicyclic amines) is 1. The topological polar surface area (TPSA) is 96.6 Å². The molecule has 4 aromatic heterocycles. The van der Waals surface area contributed by atoms with Gasteiger partial charge in [-0.15, -0.1) is 22.7 Å². The lowest BCUT2D eigenvalue weighted by Gasteiger charge is -2.23. The molecule has 11 heteroatoms. The monoisotopic (exact) mass is 509 g/mol. The summed E-state index contributed by atoms with van der Waals surface area (Å²) in [7, 11) is 1.87. The van der Waals surface area contributed by atoms with Gasteiger partial charge in [-0.05, 0) is 50.8 Å². The summed E-state index contributed by atoms with van der Waals surface area (Å²) in [4.78, 5) is 30.7. The SMILES string of the molecule is Cc1cc(C(=O)NCCN2CCCC23CC3)sc1NC(=O)c1cnn2cc(-c3cnn(C)c3)sc12. The Bertz CT molecular complexity index is 1420. The number of amides is 2. The third-order valence-electron chi connectivity index (χ3n) is 7.03. The van der Waals surface area contributed by atoms with Crippen molar-refractivity contribution in [3.05, 3.63) is 46.9 Å². The molecule has 6 rings (SSSR count). The van der Waals surface area contributed by atoms with Crippen molar-refractivity contribution in [3.63, 3.8) is 0 Å². The van der Waals surface area contributed by atoms with Crippen molar-refractivity contribution in [2.75, 3.05) is 25.0 Å². The highest BCUT2D eigenvalue weighted by atomic mass is 32.1. The molecule has 1 aliphatic heterocycles. The summed E-state index contributed by atoms with van der Waals surface area (Å²) in [6.07, 6.45) is 12.4. The fourth-order valence-corrected chi connectivity index (χ4v) is 6.97. The minimum absolute atomic E-state index is 0.0880. The van der Waals surface area contributed by atoms with Crippen LogP contribution in [-0.4, -0.2) is 61.3 Å². The van der Waals surface area contributed by atoms with Crippen LogP contribution in [0.4, 0.5) is 5.00 Å². The number of rotatable bonds is 7. The van der Waals surface area contributed by atoms with Crippen molar-refractivity contribution < 1.29 is 9.59 Å². The molecule has 0 radical (unpaired) electrons. The van der Waals surface area contributed by atoms with Crippen LogP contribution in [0, 0.1) is 6.92 Å². The van der Waals surface area contributed by atoms with E-state index in [1.165, 1.54) is 48.4 Å². The smallest absolute Gasteiger partial charge is 0.261 e. The minimum atomic E-state index is -0.236. The first-order valence-corrected chi connectivity index (χ1v) is 13.5. The van der Waals surface area contributed by atoms with E-state index in [4.69, 9.17) is 0 Å². The normalized spacial score (nSPS) is 16.9. The molecule has 2 fully saturated rings. The summed E-state index contributed by atoms with van der Waals surface area (Å²) < 4.78 is 3.46. The highest BCUT2D eigenvalue weighted by Gasteiger charge is 2.50. The molecule has 1 aliphatic carbocycles. The molecule has 9 nitrogen and oxygen atoms in total. The fraction of sp³-hybridized carbons (Fsp3) is 0.417. The molecule has 35 heavy (non-hydrogen) atoms. The predicted octanol–water partition coefficient (Wildman–Crippen LogP) is 3.78. The molecule has 1 saturated carbocycles. The largest absolute Gasteiger partial charge is 0.350 e. The Hall–Kier alpha value is -3.02. The zero-order valence-corrected chi connectivity index (χ0v) is 21.3. The lowest BCUT2D eigenvalue weighted by atomic mass is 10.2. The number of hydrogen-bond acceptors (Lipinski definition) is 7. The zero-order chi connectivity index (χ0) is 24.2. The maximum atomic E-state index is 13.1. The lowest BCUT2D eigenvalue weighted by molar-refractivity contribution is 0.0949. The molecule has 182 valence electrons. The highest BCUT2D eigenvalue weighted by molar-refractivity contribution is 7.21. The quantitative estimate of drug-likeness (QED) is 0.395. The molecule has 2 amide bonds. The Morgan fingerprint density at radius 3 is 2.74 bits per heavy atom. The van der Waals surface area contributed by atoms with Crippen molar-refractivity contribution in [2.45, 2.75) is 38.1 Å². The summed E-state index contributed by atoms with van der Waals surface area (Å²) in [5.74, 6) is -0.324. The number of thiazole rings is 1. The maximum Gasteiger partial charge on any atom is 0.261 e. The molecule has 1 saturated heterocycles. The number of nitrogens with one attached hydrogen (secondary N) is 2. The first kappa shape index (κ1) is 22.4. The second-order valence-corrected chi connectivity index (χ2v) is 11.5. The Morgan fingerprint density at radius 1 is 1.11 bits per heavy atom. The van der Waals surface area contributed by atoms with Crippen LogP contribution in [0.5, 0.6) is 0 Å². The number of carbonyl (C=O) groups is 2. The zero-order valence-electron chi connectivity index (χ0n) is 19.7. The van der Waals surface area contributed by atoms with E-state index in [0.29, 0.717) is 27.5 Å². The number of thiophene rings is 1. The molecule has 2 N–H and O–H groups in total. The van der Waals surface area contributed by atoms with Gasteiger partial charge in [0.2, 0.25) is 0 Å². The van der Waals surface area contributed by atoms with Gasteiger partial charge < -0.3 is 10.6 Å². The van der Waals surface area contributed by atoms with Crippen molar-refractivity contribution >= 4 is 44.3 Å². The molecule has 0 unspecified atom stereocenters. The van der Waals surface area contributed by atoms with Gasteiger partial charge in [0, 0.05) is 43.6 Å². The lowest BCUT2D eigenvalue weighted by Crippen LogP contribution is -2.38. The van der Waals surface area contributed by atoms with Crippen molar-refractivity contribution in [2.24, 2.45) is 7.05 Å². The molecule has 0 bridgehead atoms. The minimum Gasteiger partial charge on any atom is -0.350 e. The second-order valence-electron chi connectivity index (χ2n) is 9.45. The van der Waals surface area contributed by atoms with E-state index in [2.05, 4.69) is 25.7 Å². The second kappa shape index (κ2) is 8.58. The van der Waals surface area contributed by atoms with Crippen LogP contribution in [0.3, 0.4) is 0 Å². The van der Waals surface area contributed by atoms with Gasteiger partial charge in [-0.2, -0.15) is 10.2 Å². The standard InChI is InChI=1S/C24H27N7O2S2/c1-15-10-18(21(33)25-7-9-30-8-3-4-24(30)5-6-24)34-22(15)28-20(32)17-12-27-31-14-19(35-23(17)31)16-11-26-29(2)13-16/h10-14H,3-9H2,1-2H3,(H,25,33)(H,28,32). The van der Waals surface area contributed by atoms with E-state index in [1.54, 1.807) is 21.6 Å². The van der Waals surface area contributed by atoms with Gasteiger partial charge in [0.05, 0.1) is 32.7 Å². The number of hydrogen-bond donors (Lipinski definition) is 2. The number of anilines is 1. The molecular formula is C24H27N7O2S2. The molecule has 1 spiro atoms. The summed E-state index contributed by atoms with van der Waals surface area (Å²) in [6.45, 7) is 4.59. The van der Waals surface area contributed by atoms with Crippen LogP contribution in [0.25, 0.3) is 15.3 Å². The van der Waals surface area contributed by atoms with Crippen LogP contribution in [0.15, 0.2) is 30.9 Å². The van der Waals surface area contributed by atoms with E-state index in [0.717, 1.165) is 33.9 Å². The third-order valence-corrected chi connectivity index (χ3v) is 9.35. The first-order chi connectivity index (χ1) is 16.9. The summed E-state index contributed by atoms with van der Waals surface area (Å²) >= 11 is 2.80. The summed E-state index contributed by atoms with van der Waals surface area (Å²) in [5.41, 5.74) is 2.80. The summed E-state index contributed by atoms with van der Waals surface area (Å²) in [6, 6.07) is 1.84. The maximum absolute atomic E-state index is 13.1. The van der Waals surface area contributed by atoms with E-state index in [-0.39, 0.29) is 11.8 Å². The van der Waals surface area contributed by atoms with Gasteiger partial charge in [-0.25, -0.2) is 4.52 Å². The number of carbonyl (C=O) groups excluding carboxylic acids is 2. The van der Waals surface area contributed by atoms with Crippen LogP contribution in [0.1, 0.15) is 51.3 Å². The number of fused-ring (bicyclic) bond motifs is 1. The van der Waals surface area contributed by atoms with Crippen molar-refractivity contribution in [1.82, 2.24) is 29.6 Å². The van der Waals surface area contributed by atoms with E-state index >= 15 is 0 Å². The molecule has 0 atom stereocenters. The van der Waals surface area contributed by atoms with E-state index in [1.807, 2.05) is 32.4 Å². The van der Waals surface area contributed by atoms with Gasteiger partial charge in [0.1, 0.15) is 4.83 Å².